The van der Waals surface area contributed by atoms with E-state index in [0.29, 0.717) is 4.47 Å². The highest BCUT2D eigenvalue weighted by Crippen LogP contribution is 2.27. The van der Waals surface area contributed by atoms with E-state index in [1.54, 1.807) is 16.3 Å². The summed E-state index contributed by atoms with van der Waals surface area (Å²) >= 11 is 12.2. The van der Waals surface area contributed by atoms with Crippen LogP contribution >= 0.6 is 50.2 Å². The number of nitrogens with one attached hydrogen (secondary N) is 1. The molecular formula is C33H61BrClN8OS2-. The number of para-hydroxylation sites is 2. The summed E-state index contributed by atoms with van der Waals surface area (Å²) in [5.74, 6) is 19.1. The number of thiazole rings is 2. The first-order chi connectivity index (χ1) is 21.5. The Morgan fingerprint density at radius 1 is 0.739 bits per heavy atom. The van der Waals surface area contributed by atoms with Crippen molar-refractivity contribution in [3.05, 3.63) is 60.4 Å². The number of nitrogens with zero attached hydrogens (tertiary/aromatic N) is 3. The van der Waals surface area contributed by atoms with Crippen molar-refractivity contribution in [2.75, 3.05) is 23.4 Å². The Morgan fingerprint density at radius 3 is 1.70 bits per heavy atom. The highest BCUT2D eigenvalue weighted by Gasteiger charge is 2.07. The lowest BCUT2D eigenvalue weighted by Crippen LogP contribution is -2.31. The van der Waals surface area contributed by atoms with E-state index >= 15 is 0 Å². The minimum atomic E-state index is 0. The lowest BCUT2D eigenvalue weighted by atomic mass is 10.2. The van der Waals surface area contributed by atoms with Gasteiger partial charge in [-0.25, -0.2) is 15.8 Å². The Labute approximate surface area is 300 Å². The van der Waals surface area contributed by atoms with Crippen molar-refractivity contribution < 1.29 is 5.48 Å². The molecule has 266 valence electrons. The molecular weight excluding hydrogens is 704 g/mol. The fraction of sp³-hybridized carbons (Fsp3) is 0.545. The molecule has 0 bridgehead atoms. The molecule has 13 heteroatoms. The minimum Gasteiger partial charge on any atom is -0.412 e. The van der Waals surface area contributed by atoms with Crippen LogP contribution in [0, 0.1) is 7.43 Å². The van der Waals surface area contributed by atoms with Gasteiger partial charge in [-0.05, 0) is 43.5 Å². The molecule has 0 saturated carbocycles. The number of nitrogens with two attached hydrogens (primary N) is 4. The lowest BCUT2D eigenvalue weighted by Gasteiger charge is -2.14. The first-order valence-electron chi connectivity index (χ1n) is 15.7. The molecule has 0 radical (unpaired) electrons. The molecule has 0 spiro atoms. The second kappa shape index (κ2) is 34.9. The van der Waals surface area contributed by atoms with Crippen LogP contribution in [0.5, 0.6) is 0 Å². The SMILES string of the molecule is CCCCCCBr.CCCCCCN(N)c1nc2ccccc2s1.CCCCCCNN.Clc1nc2ccccc2s1.NN.O.[CH3-]. The molecule has 0 saturated heterocycles. The van der Waals surface area contributed by atoms with Crippen molar-refractivity contribution in [1.29, 1.82) is 0 Å². The number of alkyl halides is 1. The highest BCUT2D eigenvalue weighted by molar-refractivity contribution is 9.09. The predicted octanol–water partition coefficient (Wildman–Crippen LogP) is 8.94. The van der Waals surface area contributed by atoms with E-state index in [1.165, 1.54) is 92.0 Å². The Kier molecular flexibility index (Phi) is 37.1. The molecule has 4 aromatic rings. The number of benzene rings is 2. The Morgan fingerprint density at radius 2 is 1.22 bits per heavy atom. The van der Waals surface area contributed by atoms with Crippen molar-refractivity contribution in [1.82, 2.24) is 15.4 Å². The molecule has 0 aliphatic heterocycles. The summed E-state index contributed by atoms with van der Waals surface area (Å²) in [4.78, 5) is 8.63. The van der Waals surface area contributed by atoms with E-state index in [9.17, 15) is 0 Å². The first kappa shape index (κ1) is 48.9. The fourth-order valence-electron chi connectivity index (χ4n) is 3.81. The number of hydrogen-bond donors (Lipinski definition) is 5. The maximum absolute atomic E-state index is 6.02. The summed E-state index contributed by atoms with van der Waals surface area (Å²) < 4.78 is 2.96. The Hall–Kier alpha value is -1.45. The van der Waals surface area contributed by atoms with E-state index in [0.717, 1.165) is 40.4 Å². The quantitative estimate of drug-likeness (QED) is 0.0262. The van der Waals surface area contributed by atoms with Crippen LogP contribution in [0.15, 0.2) is 48.5 Å². The topological polar surface area (TPSA) is 177 Å². The summed E-state index contributed by atoms with van der Waals surface area (Å²) in [6.45, 7) is 8.50. The van der Waals surface area contributed by atoms with Gasteiger partial charge in [-0.1, -0.05) is 142 Å². The van der Waals surface area contributed by atoms with E-state index < -0.39 is 0 Å². The number of hydrogen-bond acceptors (Lipinski definition) is 10. The number of anilines is 1. The number of fused-ring (bicyclic) bond motifs is 2. The number of unbranched alkanes of at least 4 members (excludes halogenated alkanes) is 9. The van der Waals surface area contributed by atoms with Gasteiger partial charge in [0.05, 0.1) is 20.4 Å². The molecule has 0 fully saturated rings. The molecule has 0 aliphatic carbocycles. The van der Waals surface area contributed by atoms with E-state index in [4.69, 9.17) is 23.3 Å². The van der Waals surface area contributed by atoms with Gasteiger partial charge in [0, 0.05) is 18.4 Å². The average Bonchev–Trinajstić information content (AvgIpc) is 3.66. The summed E-state index contributed by atoms with van der Waals surface area (Å²) in [7, 11) is 0. The predicted molar refractivity (Wildman–Crippen MR) is 213 cm³/mol. The van der Waals surface area contributed by atoms with Gasteiger partial charge in [-0.15, -0.1) is 11.3 Å². The molecule has 2 aromatic heterocycles. The van der Waals surface area contributed by atoms with Gasteiger partial charge in [-0.3, -0.25) is 28.0 Å². The summed E-state index contributed by atoms with van der Waals surface area (Å²) in [6, 6.07) is 16.1. The molecule has 11 N–H and O–H groups in total. The molecule has 4 rings (SSSR count). The maximum Gasteiger partial charge on any atom is 0.200 e. The van der Waals surface area contributed by atoms with Gasteiger partial charge in [-0.2, -0.15) is 0 Å². The van der Waals surface area contributed by atoms with Crippen LogP contribution in [0.4, 0.5) is 5.13 Å². The van der Waals surface area contributed by atoms with E-state index in [-0.39, 0.29) is 12.9 Å². The van der Waals surface area contributed by atoms with Crippen LogP contribution in [-0.4, -0.2) is 33.9 Å². The van der Waals surface area contributed by atoms with E-state index in [2.05, 4.69) is 69.8 Å². The zero-order valence-corrected chi connectivity index (χ0v) is 32.4. The van der Waals surface area contributed by atoms with Gasteiger partial charge in [0.25, 0.3) is 0 Å². The third kappa shape index (κ3) is 23.8. The largest absolute Gasteiger partial charge is 0.412 e. The number of rotatable bonds is 15. The smallest absolute Gasteiger partial charge is 0.200 e. The second-order valence-corrected chi connectivity index (χ2v) is 13.3. The van der Waals surface area contributed by atoms with Gasteiger partial charge in [0.15, 0.2) is 4.47 Å². The van der Waals surface area contributed by atoms with Crippen molar-refractivity contribution in [3.63, 3.8) is 0 Å². The summed E-state index contributed by atoms with van der Waals surface area (Å²) in [6.07, 6.45) is 15.5. The molecule has 0 atom stereocenters. The standard InChI is InChI=1S/C13H19N3S.C7H4ClNS.C6H13Br.C6H16N2.CH3.H4N2.H2O/c1-2-3-4-7-10-16(14)13-15-11-8-5-6-9-12(11)17-13;8-7-9-5-3-1-2-4-6(5)10-7;1-2-3-4-5-6-7;1-2-3-4-5-6-8-7;;1-2;/h5-6,8-9H,2-4,7,10,14H2,1H3;1-4H;2-6H2,1H3;8H,2-7H2,1H3;1H3;1-2H2;1H2/q;;;;-1;;. The van der Waals surface area contributed by atoms with Crippen LogP contribution in [0.25, 0.3) is 20.4 Å². The van der Waals surface area contributed by atoms with Gasteiger partial charge in [0.1, 0.15) is 0 Å². The third-order valence-electron chi connectivity index (χ3n) is 6.21. The summed E-state index contributed by atoms with van der Waals surface area (Å²) in [5.41, 5.74) is 4.65. The van der Waals surface area contributed by atoms with Crippen molar-refractivity contribution in [3.8, 4) is 0 Å². The molecule has 9 nitrogen and oxygen atoms in total. The van der Waals surface area contributed by atoms with Gasteiger partial charge < -0.3 is 12.9 Å². The highest BCUT2D eigenvalue weighted by atomic mass is 79.9. The lowest BCUT2D eigenvalue weighted by molar-refractivity contribution is 0.613. The molecule has 0 aliphatic rings. The van der Waals surface area contributed by atoms with Crippen LogP contribution in [0.2, 0.25) is 4.47 Å². The van der Waals surface area contributed by atoms with Gasteiger partial charge in [0.2, 0.25) is 5.13 Å². The van der Waals surface area contributed by atoms with E-state index in [1.807, 2.05) is 42.5 Å². The Balaban J connectivity index is -0.000000553. The Bertz CT molecular complexity index is 1110. The van der Waals surface area contributed by atoms with Crippen LogP contribution in [0.3, 0.4) is 0 Å². The summed E-state index contributed by atoms with van der Waals surface area (Å²) in [5, 5.41) is 3.87. The number of hydrazine groups is 3. The van der Waals surface area contributed by atoms with Crippen molar-refractivity contribution >= 4 is 75.8 Å². The first-order valence-corrected chi connectivity index (χ1v) is 18.8. The van der Waals surface area contributed by atoms with Crippen LogP contribution in [0.1, 0.15) is 97.8 Å². The second-order valence-electron chi connectivity index (χ2n) is 9.92. The fourth-order valence-corrected chi connectivity index (χ4v) is 6.15. The van der Waals surface area contributed by atoms with Crippen molar-refractivity contribution in [2.24, 2.45) is 23.4 Å². The number of aromatic nitrogens is 2. The molecule has 2 aromatic carbocycles. The zero-order valence-electron chi connectivity index (χ0n) is 28.4. The maximum atomic E-state index is 6.02. The van der Waals surface area contributed by atoms with Crippen LogP contribution < -0.4 is 33.8 Å². The monoisotopic (exact) mass is 763 g/mol. The number of halogens is 2. The normalized spacial score (nSPS) is 9.59. The van der Waals surface area contributed by atoms with Crippen molar-refractivity contribution in [2.45, 2.75) is 97.8 Å². The third-order valence-corrected chi connectivity index (χ3v) is 8.99. The van der Waals surface area contributed by atoms with Crippen LogP contribution in [-0.2, 0) is 0 Å². The molecule has 0 unspecified atom stereocenters. The average molecular weight is 765 g/mol. The zero-order chi connectivity index (χ0) is 32.8. The minimum absolute atomic E-state index is 0. The molecule has 46 heavy (non-hydrogen) atoms. The van der Waals surface area contributed by atoms with Gasteiger partial charge >= 0.3 is 0 Å². The molecule has 0 amide bonds. The molecule has 2 heterocycles.